The summed E-state index contributed by atoms with van der Waals surface area (Å²) >= 11 is 0. The van der Waals surface area contributed by atoms with Crippen LogP contribution in [-0.4, -0.2) is 67.5 Å². The number of aliphatic hydroxyl groups excluding tert-OH is 1. The van der Waals surface area contributed by atoms with Crippen LogP contribution in [0.2, 0.25) is 0 Å². The first-order valence-corrected chi connectivity index (χ1v) is 12.6. The van der Waals surface area contributed by atoms with E-state index in [4.69, 9.17) is 10.2 Å². The van der Waals surface area contributed by atoms with Gasteiger partial charge in [-0.25, -0.2) is 24.0 Å². The third kappa shape index (κ3) is 29.5. The highest BCUT2D eigenvalue weighted by Gasteiger charge is 2.10. The molecular weight excluding hydrogens is 572 g/mol. The van der Waals surface area contributed by atoms with Gasteiger partial charge in [0.05, 0.1) is 32.7 Å². The van der Waals surface area contributed by atoms with Gasteiger partial charge in [0, 0.05) is 22.8 Å². The van der Waals surface area contributed by atoms with Gasteiger partial charge in [-0.15, -0.1) is 0 Å². The fourth-order valence-corrected chi connectivity index (χ4v) is 1.76. The van der Waals surface area contributed by atoms with Crippen molar-refractivity contribution in [3.05, 3.63) is 116 Å². The van der Waals surface area contributed by atoms with Crippen LogP contribution in [-0.2, 0) is 42.9 Å². The number of aliphatic hydroxyl groups is 1. The Morgan fingerprint density at radius 2 is 1.34 bits per heavy atom. The molecule has 0 aliphatic rings. The van der Waals surface area contributed by atoms with E-state index in [9.17, 15) is 24.0 Å². The number of carbonyl (C=O) groups excluding carboxylic acids is 4. The minimum atomic E-state index is -1.16. The van der Waals surface area contributed by atoms with Gasteiger partial charge in [0.1, 0.15) is 6.61 Å². The second kappa shape index (κ2) is 30.5. The van der Waals surface area contributed by atoms with Crippen LogP contribution in [0.5, 0.6) is 0 Å². The van der Waals surface area contributed by atoms with E-state index in [0.717, 1.165) is 12.2 Å². The first-order chi connectivity index (χ1) is 20.6. The fraction of sp³-hybridized carbons (Fsp3) is 0.242. The molecule has 242 valence electrons. The molecule has 0 aliphatic carbocycles. The van der Waals surface area contributed by atoms with E-state index in [1.54, 1.807) is 20.8 Å². The van der Waals surface area contributed by atoms with E-state index in [2.05, 4.69) is 51.8 Å². The van der Waals surface area contributed by atoms with Gasteiger partial charge in [-0.2, -0.15) is 0 Å². The van der Waals surface area contributed by atoms with Crippen molar-refractivity contribution in [3.8, 4) is 0 Å². The average molecular weight is 617 g/mol. The maximum atomic E-state index is 11.0. The van der Waals surface area contributed by atoms with E-state index in [1.165, 1.54) is 32.8 Å². The maximum Gasteiger partial charge on any atom is 0.341 e. The van der Waals surface area contributed by atoms with Gasteiger partial charge in [0.25, 0.3) is 0 Å². The highest BCUT2D eigenvalue weighted by atomic mass is 16.5. The second-order valence-corrected chi connectivity index (χ2v) is 7.72. The summed E-state index contributed by atoms with van der Waals surface area (Å²) in [6, 6.07) is 10.0. The molecule has 1 aromatic rings. The van der Waals surface area contributed by atoms with Crippen molar-refractivity contribution >= 4 is 35.9 Å². The molecule has 0 saturated carbocycles. The molecule has 0 atom stereocenters. The highest BCUT2D eigenvalue weighted by molar-refractivity contribution is 5.95. The lowest BCUT2D eigenvalue weighted by Gasteiger charge is -2.01. The van der Waals surface area contributed by atoms with Crippen LogP contribution in [0.4, 0.5) is 0 Å². The van der Waals surface area contributed by atoms with Crippen molar-refractivity contribution in [2.45, 2.75) is 27.7 Å². The molecule has 1 aromatic carbocycles. The zero-order valence-electron chi connectivity index (χ0n) is 26.3. The number of aliphatic carboxylic acids is 1. The van der Waals surface area contributed by atoms with Gasteiger partial charge in [-0.1, -0.05) is 75.4 Å². The second-order valence-electron chi connectivity index (χ2n) is 7.72. The molecule has 11 nitrogen and oxygen atoms in total. The Labute approximate surface area is 259 Å². The molecule has 0 fully saturated rings. The molecule has 0 amide bonds. The lowest BCUT2D eigenvalue weighted by Crippen LogP contribution is -2.08. The third-order valence-electron chi connectivity index (χ3n) is 3.98. The van der Waals surface area contributed by atoms with Crippen molar-refractivity contribution < 1.29 is 53.1 Å². The van der Waals surface area contributed by atoms with Crippen LogP contribution in [0, 0.1) is 0 Å². The Balaban J connectivity index is -0.000000236. The summed E-state index contributed by atoms with van der Waals surface area (Å²) in [4.78, 5) is 52.0. The largest absolute Gasteiger partial charge is 0.515 e. The predicted molar refractivity (Wildman–Crippen MR) is 170 cm³/mol. The Morgan fingerprint density at radius 3 is 1.59 bits per heavy atom. The average Bonchev–Trinajstić information content (AvgIpc) is 3.02. The number of methoxy groups -OCH3 is 2. The first-order valence-electron chi connectivity index (χ1n) is 12.6. The first kappa shape index (κ1) is 45.5. The zero-order valence-corrected chi connectivity index (χ0v) is 26.3. The summed E-state index contributed by atoms with van der Waals surface area (Å²) in [6.07, 6.45) is 6.02. The predicted octanol–water partition coefficient (Wildman–Crippen LogP) is 5.72. The molecule has 1 rings (SSSR count). The van der Waals surface area contributed by atoms with Crippen molar-refractivity contribution in [3.63, 3.8) is 0 Å². The number of carboxylic acid groups (broad SMARTS) is 1. The van der Waals surface area contributed by atoms with E-state index in [1.807, 2.05) is 36.4 Å². The molecule has 0 heterocycles. The minimum absolute atomic E-state index is 0.0571. The van der Waals surface area contributed by atoms with Gasteiger partial charge in [0.2, 0.25) is 0 Å². The molecule has 0 bridgehead atoms. The van der Waals surface area contributed by atoms with E-state index < -0.39 is 17.9 Å². The summed E-state index contributed by atoms with van der Waals surface area (Å²) in [6.45, 7) is 23.5. The number of hydrogen-bond donors (Lipinski definition) is 2. The standard InChI is InChI=1S/C9H12O5.C8H8.C7H10O2.C5H8O2.C4H6O2/c1-3-14-9(13)7(5-10)4-6(2)8(11)12;1-2-8-6-4-3-5-7-8;1-4-5-9-7(8)6(2)3;1-4(2)5(6)7-3;1-3-4(5)6-2/h4-5,10H,3H2,1-2H3,(H,11,12);2-7H,1H2;4H,1-2,5H2,3H3;1H2,2-3H3;3H,1H2,2H3. The van der Waals surface area contributed by atoms with E-state index >= 15 is 0 Å². The summed E-state index contributed by atoms with van der Waals surface area (Å²) in [5, 5.41) is 17.2. The SMILES string of the molecule is C=C(C)C(=O)OC.C=CC(=O)OC.C=CCOC(=O)C(=C)C.C=Cc1ccccc1.CCOC(=O)C(C=C(C)C(=O)O)=CO. The molecule has 11 heteroatoms. The number of esters is 4. The normalized spacial score (nSPS) is 9.32. The number of hydrogen-bond acceptors (Lipinski definition) is 10. The number of rotatable bonds is 10. The third-order valence-corrected chi connectivity index (χ3v) is 3.98. The van der Waals surface area contributed by atoms with Crippen molar-refractivity contribution in [1.82, 2.24) is 0 Å². The smallest absolute Gasteiger partial charge is 0.341 e. The topological polar surface area (TPSA) is 163 Å². The minimum Gasteiger partial charge on any atom is -0.515 e. The van der Waals surface area contributed by atoms with Crippen LogP contribution in [0.1, 0.15) is 33.3 Å². The summed E-state index contributed by atoms with van der Waals surface area (Å²) < 4.78 is 17.6. The molecule has 0 radical (unpaired) electrons. The highest BCUT2D eigenvalue weighted by Crippen LogP contribution is 2.04. The number of carbonyl (C=O) groups is 5. The van der Waals surface area contributed by atoms with Gasteiger partial charge in [0.15, 0.2) is 0 Å². The molecule has 44 heavy (non-hydrogen) atoms. The summed E-state index contributed by atoms with van der Waals surface area (Å²) in [7, 11) is 2.64. The maximum absolute atomic E-state index is 11.0. The van der Waals surface area contributed by atoms with Crippen molar-refractivity contribution in [2.24, 2.45) is 0 Å². The molecule has 0 unspecified atom stereocenters. The molecule has 0 spiro atoms. The Bertz CT molecular complexity index is 1160. The van der Waals surface area contributed by atoms with Crippen LogP contribution < -0.4 is 0 Å². The lowest BCUT2D eigenvalue weighted by atomic mass is 10.2. The molecule has 0 saturated heterocycles. The van der Waals surface area contributed by atoms with Gasteiger partial charge in [-0.05, 0) is 39.3 Å². The Hall–Kier alpha value is -5.45. The zero-order chi connectivity index (χ0) is 35.1. The van der Waals surface area contributed by atoms with Crippen LogP contribution >= 0.6 is 0 Å². The Morgan fingerprint density at radius 1 is 0.818 bits per heavy atom. The van der Waals surface area contributed by atoms with Crippen molar-refractivity contribution in [1.29, 1.82) is 0 Å². The van der Waals surface area contributed by atoms with Gasteiger partial charge < -0.3 is 29.2 Å². The number of carboxylic acids is 1. The van der Waals surface area contributed by atoms with Crippen molar-refractivity contribution in [2.75, 3.05) is 27.4 Å². The van der Waals surface area contributed by atoms with Gasteiger partial charge in [-0.3, -0.25) is 0 Å². The summed E-state index contributed by atoms with van der Waals surface area (Å²) in [5.41, 5.74) is 1.77. The lowest BCUT2D eigenvalue weighted by molar-refractivity contribution is -0.138. The van der Waals surface area contributed by atoms with Crippen LogP contribution in [0.25, 0.3) is 6.08 Å². The number of ether oxygens (including phenoxy) is 4. The summed E-state index contributed by atoms with van der Waals surface area (Å²) in [5.74, 6) is -3.02. The fourth-order valence-electron chi connectivity index (χ4n) is 1.76. The monoisotopic (exact) mass is 616 g/mol. The molecule has 2 N–H and O–H groups in total. The van der Waals surface area contributed by atoms with Gasteiger partial charge >= 0.3 is 29.8 Å². The molecule has 0 aromatic heterocycles. The molecular formula is C33H44O11. The quantitative estimate of drug-likeness (QED) is 0.0825. The van der Waals surface area contributed by atoms with Crippen LogP contribution in [0.15, 0.2) is 110 Å². The van der Waals surface area contributed by atoms with E-state index in [0.29, 0.717) is 17.4 Å². The number of benzene rings is 1. The molecule has 0 aliphatic heterocycles. The van der Waals surface area contributed by atoms with Crippen LogP contribution in [0.3, 0.4) is 0 Å². The van der Waals surface area contributed by atoms with E-state index in [-0.39, 0.29) is 36.3 Å². The Kier molecular flexibility index (Phi) is 31.6.